The Balaban J connectivity index is 0.856. The smallest absolute Gasteiger partial charge is 0.300 e. The molecule has 0 bridgehead atoms. The van der Waals surface area contributed by atoms with Gasteiger partial charge in [-0.2, -0.15) is 0 Å². The van der Waals surface area contributed by atoms with Crippen LogP contribution < -0.4 is 16.0 Å². The number of carbonyl (C=O) groups is 1. The molecule has 4 aliphatic carbocycles. The molecule has 3 N–H and O–H groups in total. The number of fused-ring (bicyclic) bond motifs is 6. The first kappa shape index (κ1) is 38.7. The maximum atomic E-state index is 12.4. The average Bonchev–Trinajstić information content (AvgIpc) is 3.74. The minimum Gasteiger partial charge on any atom is -0.383 e. The van der Waals surface area contributed by atoms with Crippen molar-refractivity contribution in [3.8, 4) is 0 Å². The number of nitro benzene ring substituents is 1. The number of nitrogens with zero attached hydrogens (tertiary/aromatic N) is 3. The van der Waals surface area contributed by atoms with Gasteiger partial charge >= 0.3 is 5.69 Å². The molecule has 2 aromatic rings. The molecule has 1 aromatic heterocycles. The summed E-state index contributed by atoms with van der Waals surface area (Å²) in [5.74, 6) is 5.41. The summed E-state index contributed by atoms with van der Waals surface area (Å²) < 4.78 is 4.72. The average molecular weight is 719 g/mol. The first-order chi connectivity index (χ1) is 25.0. The molecule has 1 aromatic carbocycles. The Hall–Kier alpha value is -3.01. The standard InChI is InChI=1S/C42H66N6O4/c1-28(2)11-9-12-29(3)33-16-17-34-32-15-14-30-27-31(20-22-41(30,4)35(32)21-23-42(33,34)5)43-25-10-26-45-38(49)13-7-6-8-24-44-36-18-19-37(48(50)51)40-39(36)46-52-47-40/h14,18-19,28-29,31-35,43-44H,6-13,15-17,20-27H2,1-5H3,(H,45,49)/t29?,31?,32?,33-,34?,35?,41+,42-/m1/s1. The highest BCUT2D eigenvalue weighted by atomic mass is 16.6. The highest BCUT2D eigenvalue weighted by Gasteiger charge is 2.59. The zero-order chi connectivity index (χ0) is 36.9. The Labute approximate surface area is 311 Å². The van der Waals surface area contributed by atoms with E-state index in [1.807, 2.05) is 0 Å². The molecule has 1 heterocycles. The number of nitrogens with one attached hydrogen (secondary N) is 3. The normalized spacial score (nSPS) is 30.3. The molecule has 0 spiro atoms. The summed E-state index contributed by atoms with van der Waals surface area (Å²) in [4.78, 5) is 23.1. The quantitative estimate of drug-likeness (QED) is 0.0600. The van der Waals surface area contributed by atoms with E-state index in [-0.39, 0.29) is 17.1 Å². The number of amides is 1. The summed E-state index contributed by atoms with van der Waals surface area (Å²) in [6.07, 6.45) is 21.9. The van der Waals surface area contributed by atoms with Crippen molar-refractivity contribution in [1.82, 2.24) is 20.9 Å². The molecule has 0 radical (unpaired) electrons. The minimum absolute atomic E-state index is 0.117. The van der Waals surface area contributed by atoms with Crippen LogP contribution >= 0.6 is 0 Å². The highest BCUT2D eigenvalue weighted by Crippen LogP contribution is 2.67. The lowest BCUT2D eigenvalue weighted by molar-refractivity contribution is -0.383. The first-order valence-electron chi connectivity index (χ1n) is 20.8. The van der Waals surface area contributed by atoms with Gasteiger partial charge in [-0.1, -0.05) is 72.0 Å². The lowest BCUT2D eigenvalue weighted by Gasteiger charge is -2.58. The summed E-state index contributed by atoms with van der Waals surface area (Å²) in [5.41, 5.74) is 3.72. The van der Waals surface area contributed by atoms with E-state index < -0.39 is 4.92 Å². The van der Waals surface area contributed by atoms with Crippen LogP contribution in [0.25, 0.3) is 11.0 Å². The van der Waals surface area contributed by atoms with Gasteiger partial charge < -0.3 is 16.0 Å². The summed E-state index contributed by atoms with van der Waals surface area (Å²) in [6, 6.07) is 3.59. The molecule has 5 unspecified atom stereocenters. The number of anilines is 1. The fourth-order valence-corrected chi connectivity index (χ4v) is 11.5. The molecule has 52 heavy (non-hydrogen) atoms. The summed E-state index contributed by atoms with van der Waals surface area (Å²) in [5, 5.41) is 28.9. The van der Waals surface area contributed by atoms with E-state index in [1.54, 1.807) is 11.6 Å². The molecule has 4 aliphatic rings. The molecule has 10 heteroatoms. The third-order valence-electron chi connectivity index (χ3n) is 14.4. The van der Waals surface area contributed by atoms with E-state index in [2.05, 4.69) is 67.0 Å². The van der Waals surface area contributed by atoms with E-state index in [4.69, 9.17) is 4.63 Å². The predicted octanol–water partition coefficient (Wildman–Crippen LogP) is 9.61. The van der Waals surface area contributed by atoms with Gasteiger partial charge in [-0.15, -0.1) is 0 Å². The molecule has 6 rings (SSSR count). The van der Waals surface area contributed by atoms with Crippen molar-refractivity contribution in [1.29, 1.82) is 0 Å². The topological polar surface area (TPSA) is 135 Å². The fraction of sp³-hybridized carbons (Fsp3) is 0.786. The van der Waals surface area contributed by atoms with Gasteiger partial charge in [0.05, 0.1) is 10.6 Å². The Morgan fingerprint density at radius 1 is 0.942 bits per heavy atom. The number of carbonyl (C=O) groups excluding carboxylic acids is 1. The largest absolute Gasteiger partial charge is 0.383 e. The van der Waals surface area contributed by atoms with Crippen LogP contribution in [0.3, 0.4) is 0 Å². The zero-order valence-corrected chi connectivity index (χ0v) is 32.7. The van der Waals surface area contributed by atoms with Gasteiger partial charge in [-0.05, 0) is 140 Å². The monoisotopic (exact) mass is 719 g/mol. The Bertz CT molecular complexity index is 1560. The van der Waals surface area contributed by atoms with Crippen LogP contribution in [-0.2, 0) is 4.79 Å². The van der Waals surface area contributed by atoms with Crippen LogP contribution in [0.2, 0.25) is 0 Å². The summed E-state index contributed by atoms with van der Waals surface area (Å²) in [7, 11) is 0. The molecule has 1 amide bonds. The Morgan fingerprint density at radius 3 is 2.58 bits per heavy atom. The van der Waals surface area contributed by atoms with Crippen molar-refractivity contribution < 1.29 is 14.3 Å². The summed E-state index contributed by atoms with van der Waals surface area (Å²) >= 11 is 0. The number of nitro groups is 1. The van der Waals surface area contributed by atoms with Gasteiger partial charge in [0, 0.05) is 31.6 Å². The molecular weight excluding hydrogens is 652 g/mol. The number of hydrogen-bond acceptors (Lipinski definition) is 8. The van der Waals surface area contributed by atoms with Crippen molar-refractivity contribution in [3.05, 3.63) is 33.9 Å². The van der Waals surface area contributed by atoms with Gasteiger partial charge in [0.1, 0.15) is 0 Å². The van der Waals surface area contributed by atoms with Crippen LogP contribution in [-0.4, -0.2) is 46.8 Å². The lowest BCUT2D eigenvalue weighted by atomic mass is 9.47. The van der Waals surface area contributed by atoms with Gasteiger partial charge in [-0.3, -0.25) is 14.9 Å². The fourth-order valence-electron chi connectivity index (χ4n) is 11.5. The molecule has 10 nitrogen and oxygen atoms in total. The number of unbranched alkanes of at least 4 members (excludes halogenated alkanes) is 2. The molecule has 288 valence electrons. The van der Waals surface area contributed by atoms with Crippen molar-refractivity contribution in [3.63, 3.8) is 0 Å². The van der Waals surface area contributed by atoms with Crippen molar-refractivity contribution in [2.45, 2.75) is 143 Å². The van der Waals surface area contributed by atoms with Gasteiger partial charge in [0.25, 0.3) is 0 Å². The van der Waals surface area contributed by atoms with Crippen molar-refractivity contribution in [2.75, 3.05) is 25.0 Å². The molecular formula is C42H66N6O4. The van der Waals surface area contributed by atoms with E-state index in [0.717, 1.165) is 67.7 Å². The molecule has 8 atom stereocenters. The van der Waals surface area contributed by atoms with Gasteiger partial charge in [0.2, 0.25) is 11.4 Å². The molecule has 0 aliphatic heterocycles. The summed E-state index contributed by atoms with van der Waals surface area (Å²) in [6.45, 7) is 15.0. The van der Waals surface area contributed by atoms with Crippen LogP contribution in [0.5, 0.6) is 0 Å². The number of non-ortho nitro benzene ring substituents is 1. The van der Waals surface area contributed by atoms with Crippen molar-refractivity contribution >= 4 is 28.3 Å². The second-order valence-corrected chi connectivity index (χ2v) is 18.0. The van der Waals surface area contributed by atoms with Crippen LogP contribution in [0.15, 0.2) is 28.4 Å². The number of allylic oxidation sites excluding steroid dienone is 1. The SMILES string of the molecule is CC(C)CCCC(C)[C@H]1CCC2C3CC=C4CC(NCCCNC(=O)CCCCCNc5ccc([N+](=O)[O-])c6nonc56)CC[C@]4(C)C3CC[C@@]21C. The minimum atomic E-state index is -0.491. The second-order valence-electron chi connectivity index (χ2n) is 18.0. The zero-order valence-electron chi connectivity index (χ0n) is 32.7. The predicted molar refractivity (Wildman–Crippen MR) is 208 cm³/mol. The molecule has 0 saturated heterocycles. The van der Waals surface area contributed by atoms with E-state index in [9.17, 15) is 14.9 Å². The Morgan fingerprint density at radius 2 is 1.77 bits per heavy atom. The van der Waals surface area contributed by atoms with E-state index >= 15 is 0 Å². The third kappa shape index (κ3) is 8.37. The van der Waals surface area contributed by atoms with Crippen LogP contribution in [0, 0.1) is 56.5 Å². The van der Waals surface area contributed by atoms with E-state index in [0.29, 0.717) is 47.6 Å². The molecule has 3 fully saturated rings. The highest BCUT2D eigenvalue weighted by molar-refractivity contribution is 5.93. The lowest BCUT2D eigenvalue weighted by Crippen LogP contribution is -2.51. The number of hydrogen-bond donors (Lipinski definition) is 3. The van der Waals surface area contributed by atoms with Crippen molar-refractivity contribution in [2.24, 2.45) is 46.3 Å². The molecule has 3 saturated carbocycles. The van der Waals surface area contributed by atoms with Gasteiger partial charge in [-0.25, -0.2) is 4.63 Å². The number of benzene rings is 1. The second kappa shape index (κ2) is 17.0. The van der Waals surface area contributed by atoms with Crippen LogP contribution in [0.1, 0.15) is 137 Å². The number of rotatable bonds is 18. The van der Waals surface area contributed by atoms with Gasteiger partial charge in [0.15, 0.2) is 5.52 Å². The first-order valence-corrected chi connectivity index (χ1v) is 20.8. The number of aromatic nitrogens is 2. The van der Waals surface area contributed by atoms with E-state index in [1.165, 1.54) is 76.7 Å². The maximum absolute atomic E-state index is 12.4. The maximum Gasteiger partial charge on any atom is 0.300 e. The van der Waals surface area contributed by atoms with Crippen LogP contribution in [0.4, 0.5) is 11.4 Å². The third-order valence-corrected chi connectivity index (χ3v) is 14.4. The Kier molecular flexibility index (Phi) is 12.6.